The van der Waals surface area contributed by atoms with Gasteiger partial charge in [-0.05, 0) is 47.5 Å². The number of aromatic nitrogens is 3. The topological polar surface area (TPSA) is 109 Å². The number of imidazole rings is 1. The number of piperazine rings is 1. The maximum absolute atomic E-state index is 10.6. The molecule has 1 aliphatic rings. The highest BCUT2D eigenvalue weighted by Gasteiger charge is 2.38. The van der Waals surface area contributed by atoms with Crippen molar-refractivity contribution in [2.24, 2.45) is 0 Å². The number of aromatic amines is 1. The Kier molecular flexibility index (Phi) is 8.51. The Labute approximate surface area is 243 Å². The molecule has 0 atom stereocenters. The van der Waals surface area contributed by atoms with Crippen LogP contribution in [-0.2, 0) is 11.3 Å². The van der Waals surface area contributed by atoms with Crippen molar-refractivity contribution >= 4 is 34.2 Å². The number of rotatable bonds is 5. The maximum atomic E-state index is 10.6. The first-order valence-corrected chi connectivity index (χ1v) is 13.8. The lowest BCUT2D eigenvalue weighted by atomic mass is 10.1. The number of carboxylic acid groups (broad SMARTS) is 1. The minimum Gasteiger partial charge on any atom is -0.475 e. The first-order valence-electron chi connectivity index (χ1n) is 13.0. The van der Waals surface area contributed by atoms with Crippen LogP contribution in [0, 0.1) is 11.3 Å². The van der Waals surface area contributed by atoms with Crippen LogP contribution in [0.2, 0.25) is 0 Å². The third kappa shape index (κ3) is 6.94. The van der Waals surface area contributed by atoms with E-state index in [9.17, 15) is 13.2 Å². The van der Waals surface area contributed by atoms with Gasteiger partial charge in [-0.15, -0.1) is 11.3 Å². The van der Waals surface area contributed by atoms with Gasteiger partial charge in [-0.1, -0.05) is 36.4 Å². The Balaban J connectivity index is 0.000000451. The number of carbonyl (C=O) groups is 1. The van der Waals surface area contributed by atoms with E-state index in [2.05, 4.69) is 68.3 Å². The van der Waals surface area contributed by atoms with Crippen molar-refractivity contribution < 1.29 is 23.1 Å². The molecule has 0 spiro atoms. The monoisotopic (exact) mass is 590 g/mol. The standard InChI is InChI=1S/C28H24N6S.C2HF3O2/c29-17-21-7-12-27(30-18-21)34-15-13-33(14-16-34)19-20-5-8-22(9-6-20)25-10-11-26(35-25)28-31-23-3-1-2-4-24(23)32-28;3-2(4,5)1(6)7/h1-12,18H,13-16,19H2,(H,31,32);(H,6,7). The zero-order valence-corrected chi connectivity index (χ0v) is 23.0. The smallest absolute Gasteiger partial charge is 0.475 e. The SMILES string of the molecule is N#Cc1ccc(N2CCN(Cc3ccc(-c4ccc(-c5nc6ccccc6[nH]5)s4)cc3)CC2)nc1.O=C(O)C(F)(F)F. The van der Waals surface area contributed by atoms with Crippen LogP contribution in [0.5, 0.6) is 0 Å². The number of nitrogens with one attached hydrogen (secondary N) is 1. The molecule has 1 saturated heterocycles. The molecule has 4 heterocycles. The van der Waals surface area contributed by atoms with Gasteiger partial charge in [0.05, 0.1) is 21.5 Å². The number of carboxylic acids is 1. The number of para-hydroxylation sites is 2. The highest BCUT2D eigenvalue weighted by molar-refractivity contribution is 7.18. The van der Waals surface area contributed by atoms with E-state index in [1.165, 1.54) is 16.0 Å². The first-order chi connectivity index (χ1) is 20.2. The van der Waals surface area contributed by atoms with E-state index in [-0.39, 0.29) is 0 Å². The van der Waals surface area contributed by atoms with Crippen LogP contribution in [-0.4, -0.2) is 63.3 Å². The van der Waals surface area contributed by atoms with Crippen molar-refractivity contribution in [3.8, 4) is 27.2 Å². The summed E-state index contributed by atoms with van der Waals surface area (Å²) in [5.41, 5.74) is 5.22. The first kappa shape index (κ1) is 28.8. The molecular weight excluding hydrogens is 565 g/mol. The third-order valence-electron chi connectivity index (χ3n) is 6.69. The van der Waals surface area contributed by atoms with E-state index in [1.54, 1.807) is 17.5 Å². The van der Waals surface area contributed by atoms with Gasteiger partial charge in [0, 0.05) is 43.8 Å². The van der Waals surface area contributed by atoms with Gasteiger partial charge in [-0.2, -0.15) is 18.4 Å². The number of hydrogen-bond acceptors (Lipinski definition) is 7. The predicted octanol–water partition coefficient (Wildman–Crippen LogP) is 6.18. The number of halogens is 3. The molecule has 1 aliphatic heterocycles. The molecule has 3 aromatic heterocycles. The van der Waals surface area contributed by atoms with Crippen molar-refractivity contribution in [2.75, 3.05) is 31.1 Å². The molecule has 0 radical (unpaired) electrons. The molecular formula is C30H25F3N6O2S. The maximum Gasteiger partial charge on any atom is 0.490 e. The Morgan fingerprint density at radius 3 is 2.29 bits per heavy atom. The number of anilines is 1. The van der Waals surface area contributed by atoms with Gasteiger partial charge in [0.25, 0.3) is 0 Å². The number of aliphatic carboxylic acids is 1. The number of hydrogen-bond donors (Lipinski definition) is 2. The second-order valence-corrected chi connectivity index (χ2v) is 10.6. The summed E-state index contributed by atoms with van der Waals surface area (Å²) in [6.07, 6.45) is -3.43. The largest absolute Gasteiger partial charge is 0.490 e. The highest BCUT2D eigenvalue weighted by Crippen LogP contribution is 2.34. The van der Waals surface area contributed by atoms with Crippen molar-refractivity contribution in [2.45, 2.75) is 12.7 Å². The lowest BCUT2D eigenvalue weighted by Gasteiger charge is -2.35. The average molecular weight is 591 g/mol. The van der Waals surface area contributed by atoms with Crippen LogP contribution >= 0.6 is 11.3 Å². The number of alkyl halides is 3. The second kappa shape index (κ2) is 12.4. The van der Waals surface area contributed by atoms with Gasteiger partial charge in [0.15, 0.2) is 0 Å². The van der Waals surface area contributed by atoms with Gasteiger partial charge in [0.1, 0.15) is 17.7 Å². The Morgan fingerprint density at radius 1 is 0.976 bits per heavy atom. The van der Waals surface area contributed by atoms with Gasteiger partial charge in [-0.3, -0.25) is 4.90 Å². The van der Waals surface area contributed by atoms with E-state index in [4.69, 9.17) is 20.1 Å². The number of nitriles is 1. The lowest BCUT2D eigenvalue weighted by molar-refractivity contribution is -0.192. The molecule has 2 aromatic carbocycles. The van der Waals surface area contributed by atoms with E-state index in [1.807, 2.05) is 30.3 Å². The van der Waals surface area contributed by atoms with Crippen molar-refractivity contribution in [1.29, 1.82) is 5.26 Å². The van der Waals surface area contributed by atoms with Crippen LogP contribution in [0.4, 0.5) is 19.0 Å². The van der Waals surface area contributed by atoms with Crippen LogP contribution in [0.3, 0.4) is 0 Å². The molecule has 0 unspecified atom stereocenters. The molecule has 0 amide bonds. The van der Waals surface area contributed by atoms with Gasteiger partial charge in [-0.25, -0.2) is 14.8 Å². The Morgan fingerprint density at radius 2 is 1.67 bits per heavy atom. The fourth-order valence-corrected chi connectivity index (χ4v) is 5.45. The molecule has 214 valence electrons. The van der Waals surface area contributed by atoms with Crippen molar-refractivity contribution in [1.82, 2.24) is 19.9 Å². The molecule has 2 N–H and O–H groups in total. The van der Waals surface area contributed by atoms with Crippen LogP contribution in [0.15, 0.2) is 79.0 Å². The summed E-state index contributed by atoms with van der Waals surface area (Å²) in [7, 11) is 0. The summed E-state index contributed by atoms with van der Waals surface area (Å²) in [5, 5.41) is 16.1. The average Bonchev–Trinajstić information content (AvgIpc) is 3.66. The van der Waals surface area contributed by atoms with E-state index in [0.717, 1.165) is 60.3 Å². The predicted molar refractivity (Wildman–Crippen MR) is 155 cm³/mol. The number of H-pyrrole nitrogens is 1. The fraction of sp³-hybridized carbons (Fsp3) is 0.200. The van der Waals surface area contributed by atoms with Crippen LogP contribution in [0.1, 0.15) is 11.1 Å². The fourth-order valence-electron chi connectivity index (χ4n) is 4.50. The summed E-state index contributed by atoms with van der Waals surface area (Å²) in [4.78, 5) is 28.7. The van der Waals surface area contributed by atoms with Gasteiger partial charge >= 0.3 is 12.1 Å². The zero-order chi connectivity index (χ0) is 29.7. The second-order valence-electron chi connectivity index (χ2n) is 9.55. The molecule has 1 fully saturated rings. The Bertz CT molecular complexity index is 1670. The quantitative estimate of drug-likeness (QED) is 0.252. The van der Waals surface area contributed by atoms with E-state index >= 15 is 0 Å². The summed E-state index contributed by atoms with van der Waals surface area (Å²) >= 11 is 1.76. The number of fused-ring (bicyclic) bond motifs is 1. The number of benzene rings is 2. The summed E-state index contributed by atoms with van der Waals surface area (Å²) in [6, 6.07) is 27.3. The molecule has 42 heavy (non-hydrogen) atoms. The minimum absolute atomic E-state index is 0.601. The Hall–Kier alpha value is -4.73. The number of nitrogens with zero attached hydrogens (tertiary/aromatic N) is 5. The number of thiophene rings is 1. The van der Waals surface area contributed by atoms with Gasteiger partial charge in [0.2, 0.25) is 0 Å². The normalized spacial score (nSPS) is 13.8. The molecule has 0 saturated carbocycles. The molecule has 6 rings (SSSR count). The summed E-state index contributed by atoms with van der Waals surface area (Å²) in [5.74, 6) is -0.882. The van der Waals surface area contributed by atoms with E-state index < -0.39 is 12.1 Å². The molecule has 0 aliphatic carbocycles. The summed E-state index contributed by atoms with van der Waals surface area (Å²) in [6.45, 7) is 4.82. The zero-order valence-electron chi connectivity index (χ0n) is 22.2. The number of pyridine rings is 1. The van der Waals surface area contributed by atoms with E-state index in [0.29, 0.717) is 5.56 Å². The summed E-state index contributed by atoms with van der Waals surface area (Å²) < 4.78 is 31.7. The molecule has 0 bridgehead atoms. The molecule has 8 nitrogen and oxygen atoms in total. The highest BCUT2D eigenvalue weighted by atomic mass is 32.1. The van der Waals surface area contributed by atoms with Crippen molar-refractivity contribution in [3.05, 3.63) is 90.1 Å². The molecule has 12 heteroatoms. The minimum atomic E-state index is -5.08. The third-order valence-corrected chi connectivity index (χ3v) is 7.83. The van der Waals surface area contributed by atoms with Crippen LogP contribution in [0.25, 0.3) is 32.2 Å². The lowest BCUT2D eigenvalue weighted by Crippen LogP contribution is -2.46. The van der Waals surface area contributed by atoms with Crippen LogP contribution < -0.4 is 4.90 Å². The van der Waals surface area contributed by atoms with Gasteiger partial charge < -0.3 is 15.0 Å². The van der Waals surface area contributed by atoms with Crippen molar-refractivity contribution in [3.63, 3.8) is 0 Å². The molecule has 5 aromatic rings.